The van der Waals surface area contributed by atoms with Crippen molar-refractivity contribution in [2.24, 2.45) is 5.92 Å². The Bertz CT molecular complexity index is 1030. The lowest BCUT2D eigenvalue weighted by Gasteiger charge is -2.17. The summed E-state index contributed by atoms with van der Waals surface area (Å²) in [4.78, 5) is 49.4. The number of hydrazine groups is 1. The predicted octanol–water partition coefficient (Wildman–Crippen LogP) is 3.14. The maximum absolute atomic E-state index is 12.4. The minimum atomic E-state index is -0.773. The van der Waals surface area contributed by atoms with Gasteiger partial charge in [0.15, 0.2) is 6.61 Å². The van der Waals surface area contributed by atoms with Crippen molar-refractivity contribution in [2.45, 2.75) is 33.1 Å². The molecule has 2 aromatic carbocycles. The summed E-state index contributed by atoms with van der Waals surface area (Å²) in [6.07, 6.45) is 1.40. The highest BCUT2D eigenvalue weighted by atomic mass is 35.5. The number of benzene rings is 2. The molecule has 2 aromatic rings. The number of carbonyl (C=O) groups is 4. The molecule has 174 valence electrons. The first kappa shape index (κ1) is 24.3. The molecule has 8 nitrogen and oxygen atoms in total. The number of hydrogen-bond acceptors (Lipinski definition) is 5. The number of carbonyl (C=O) groups excluding carboxylic acids is 4. The van der Waals surface area contributed by atoms with E-state index in [1.807, 2.05) is 32.0 Å². The molecule has 3 amide bonds. The lowest BCUT2D eigenvalue weighted by molar-refractivity contribution is -0.151. The fourth-order valence-corrected chi connectivity index (χ4v) is 3.72. The van der Waals surface area contributed by atoms with Crippen molar-refractivity contribution >= 4 is 41.0 Å². The van der Waals surface area contributed by atoms with Crippen LogP contribution in [0, 0.1) is 5.92 Å². The van der Waals surface area contributed by atoms with Crippen molar-refractivity contribution < 1.29 is 23.9 Å². The molecule has 0 bridgehead atoms. The quantitative estimate of drug-likeness (QED) is 0.575. The molecule has 0 saturated carbocycles. The first-order valence-corrected chi connectivity index (χ1v) is 11.1. The molecule has 1 aliphatic rings. The van der Waals surface area contributed by atoms with Gasteiger partial charge < -0.3 is 10.1 Å². The Morgan fingerprint density at radius 1 is 1.06 bits per heavy atom. The zero-order chi connectivity index (χ0) is 24.0. The number of hydrogen-bond donors (Lipinski definition) is 2. The minimum absolute atomic E-state index is 0.0305. The van der Waals surface area contributed by atoms with Crippen LogP contribution in [0.4, 0.5) is 5.69 Å². The molecule has 9 heteroatoms. The molecule has 0 radical (unpaired) electrons. The van der Waals surface area contributed by atoms with Crippen molar-refractivity contribution in [3.8, 4) is 0 Å². The average Bonchev–Trinajstić information content (AvgIpc) is 3.18. The Morgan fingerprint density at radius 2 is 1.70 bits per heavy atom. The van der Waals surface area contributed by atoms with Crippen LogP contribution in [0.3, 0.4) is 0 Å². The molecular weight excluding hydrogens is 446 g/mol. The van der Waals surface area contributed by atoms with Crippen LogP contribution < -0.4 is 10.7 Å². The highest BCUT2D eigenvalue weighted by Gasteiger charge is 2.36. The molecule has 1 saturated heterocycles. The van der Waals surface area contributed by atoms with E-state index in [0.29, 0.717) is 10.6 Å². The molecule has 0 aliphatic carbocycles. The Morgan fingerprint density at radius 3 is 2.30 bits per heavy atom. The third-order valence-electron chi connectivity index (χ3n) is 5.41. The van der Waals surface area contributed by atoms with E-state index >= 15 is 0 Å². The number of rotatable bonds is 8. The van der Waals surface area contributed by atoms with Crippen LogP contribution in [0.5, 0.6) is 0 Å². The van der Waals surface area contributed by atoms with Crippen molar-refractivity contribution in [2.75, 3.05) is 18.5 Å². The molecule has 1 aliphatic heterocycles. The highest BCUT2D eigenvalue weighted by Crippen LogP contribution is 2.23. The zero-order valence-electron chi connectivity index (χ0n) is 18.5. The van der Waals surface area contributed by atoms with Gasteiger partial charge in [0.1, 0.15) is 0 Å². The number of anilines is 1. The molecule has 3 rings (SSSR count). The monoisotopic (exact) mass is 471 g/mol. The van der Waals surface area contributed by atoms with Crippen LogP contribution in [0.25, 0.3) is 0 Å². The zero-order valence-corrected chi connectivity index (χ0v) is 19.3. The summed E-state index contributed by atoms with van der Waals surface area (Å²) in [6.45, 7) is 3.51. The second kappa shape index (κ2) is 11.0. The average molecular weight is 472 g/mol. The second-order valence-electron chi connectivity index (χ2n) is 7.67. The van der Waals surface area contributed by atoms with E-state index in [1.165, 1.54) is 12.1 Å². The van der Waals surface area contributed by atoms with Crippen LogP contribution in [-0.2, 0) is 32.0 Å². The number of esters is 1. The number of nitrogens with zero attached hydrogens (tertiary/aromatic N) is 1. The SMILES string of the molecule is CCc1cccc(CC)c1NC(=O)COC(=O)[C@@H]1CC(=O)N(NC(=O)c2ccc(Cl)cc2)C1. The van der Waals surface area contributed by atoms with Crippen LogP contribution in [0.2, 0.25) is 5.02 Å². The fraction of sp³-hybridized carbons (Fsp3) is 0.333. The van der Waals surface area contributed by atoms with E-state index < -0.39 is 36.2 Å². The predicted molar refractivity (Wildman–Crippen MR) is 124 cm³/mol. The summed E-state index contributed by atoms with van der Waals surface area (Å²) >= 11 is 5.82. The van der Waals surface area contributed by atoms with Gasteiger partial charge in [-0.15, -0.1) is 0 Å². The largest absolute Gasteiger partial charge is 0.455 e. The van der Waals surface area contributed by atoms with E-state index in [9.17, 15) is 19.2 Å². The fourth-order valence-electron chi connectivity index (χ4n) is 3.60. The van der Waals surface area contributed by atoms with Crippen molar-refractivity contribution in [1.82, 2.24) is 10.4 Å². The second-order valence-corrected chi connectivity index (χ2v) is 8.10. The van der Waals surface area contributed by atoms with Gasteiger partial charge in [-0.1, -0.05) is 43.6 Å². The van der Waals surface area contributed by atoms with Gasteiger partial charge >= 0.3 is 5.97 Å². The molecule has 0 unspecified atom stereocenters. The van der Waals surface area contributed by atoms with Gasteiger partial charge in [-0.2, -0.15) is 0 Å². The Hall–Kier alpha value is -3.39. The molecule has 33 heavy (non-hydrogen) atoms. The topological polar surface area (TPSA) is 105 Å². The lowest BCUT2D eigenvalue weighted by Crippen LogP contribution is -2.43. The number of ether oxygens (including phenoxy) is 1. The number of nitrogens with one attached hydrogen (secondary N) is 2. The summed E-state index contributed by atoms with van der Waals surface area (Å²) < 4.78 is 5.15. The molecular formula is C24H26ClN3O5. The van der Waals surface area contributed by atoms with E-state index in [-0.39, 0.29) is 13.0 Å². The van der Waals surface area contributed by atoms with E-state index in [4.69, 9.17) is 16.3 Å². The number of aryl methyl sites for hydroxylation is 2. The van der Waals surface area contributed by atoms with Crippen molar-refractivity contribution in [1.29, 1.82) is 0 Å². The highest BCUT2D eigenvalue weighted by molar-refractivity contribution is 6.30. The smallest absolute Gasteiger partial charge is 0.311 e. The first-order chi connectivity index (χ1) is 15.8. The molecule has 1 fully saturated rings. The van der Waals surface area contributed by atoms with Gasteiger partial charge in [0, 0.05) is 22.7 Å². The number of amides is 3. The van der Waals surface area contributed by atoms with Crippen molar-refractivity contribution in [3.05, 3.63) is 64.2 Å². The number of halogens is 1. The van der Waals surface area contributed by atoms with E-state index in [0.717, 1.165) is 34.7 Å². The maximum atomic E-state index is 12.4. The third-order valence-corrected chi connectivity index (χ3v) is 5.66. The first-order valence-electron chi connectivity index (χ1n) is 10.8. The molecule has 2 N–H and O–H groups in total. The van der Waals surface area contributed by atoms with Gasteiger partial charge in [-0.3, -0.25) is 29.6 Å². The third kappa shape index (κ3) is 6.10. The van der Waals surface area contributed by atoms with Gasteiger partial charge in [0.2, 0.25) is 5.91 Å². The number of para-hydroxylation sites is 1. The van der Waals surface area contributed by atoms with Crippen LogP contribution >= 0.6 is 11.6 Å². The van der Waals surface area contributed by atoms with Gasteiger partial charge in [-0.25, -0.2) is 0 Å². The van der Waals surface area contributed by atoms with Crippen molar-refractivity contribution in [3.63, 3.8) is 0 Å². The molecule has 1 heterocycles. The van der Waals surface area contributed by atoms with Gasteiger partial charge in [0.25, 0.3) is 11.8 Å². The lowest BCUT2D eigenvalue weighted by atomic mass is 10.0. The summed E-state index contributed by atoms with van der Waals surface area (Å²) in [5.74, 6) is -2.79. The molecule has 0 aromatic heterocycles. The van der Waals surface area contributed by atoms with Crippen LogP contribution in [-0.4, -0.2) is 41.9 Å². The van der Waals surface area contributed by atoms with Gasteiger partial charge in [-0.05, 0) is 48.2 Å². The van der Waals surface area contributed by atoms with Crippen LogP contribution in [0.15, 0.2) is 42.5 Å². The van der Waals surface area contributed by atoms with Crippen LogP contribution in [0.1, 0.15) is 41.8 Å². The Balaban J connectivity index is 1.52. The Kier molecular flexibility index (Phi) is 8.06. The maximum Gasteiger partial charge on any atom is 0.311 e. The summed E-state index contributed by atoms with van der Waals surface area (Å²) in [6, 6.07) is 12.0. The summed E-state index contributed by atoms with van der Waals surface area (Å²) in [7, 11) is 0. The summed E-state index contributed by atoms with van der Waals surface area (Å²) in [5.41, 5.74) is 5.56. The standard InChI is InChI=1S/C24H26ClN3O5/c1-3-15-6-5-7-16(4-2)22(15)26-20(29)14-33-24(32)18-12-21(30)28(13-18)27-23(31)17-8-10-19(25)11-9-17/h5-11,18H,3-4,12-14H2,1-2H3,(H,26,29)(H,27,31)/t18-/m1/s1. The molecule has 0 spiro atoms. The Labute approximate surface area is 197 Å². The summed E-state index contributed by atoms with van der Waals surface area (Å²) in [5, 5.41) is 4.41. The van der Waals surface area contributed by atoms with E-state index in [1.54, 1.807) is 12.1 Å². The van der Waals surface area contributed by atoms with Gasteiger partial charge in [0.05, 0.1) is 12.5 Å². The normalized spacial score (nSPS) is 15.3. The van der Waals surface area contributed by atoms with E-state index in [2.05, 4.69) is 10.7 Å². The molecule has 1 atom stereocenters. The minimum Gasteiger partial charge on any atom is -0.455 e.